The van der Waals surface area contributed by atoms with Crippen LogP contribution in [0.3, 0.4) is 0 Å². The quantitative estimate of drug-likeness (QED) is 0.302. The minimum Gasteiger partial charge on any atom is -0.444 e. The van der Waals surface area contributed by atoms with Gasteiger partial charge in [-0.25, -0.2) is 4.79 Å². The molecule has 3 aliphatic rings. The number of fused-ring (bicyclic) bond motifs is 1. The third-order valence-corrected chi connectivity index (χ3v) is 7.39. The SMILES string of the molecule is CC(C)(C)OC(=O)N(CCOCCC#Cc1cccc2c1CN(C1CCC(=O)NC1=O)C2=O)C1CCC(O)CC1. The molecular weight excluding hydrogens is 514 g/mol. The smallest absolute Gasteiger partial charge is 0.410 e. The number of hydrogen-bond acceptors (Lipinski definition) is 7. The molecule has 1 saturated heterocycles. The van der Waals surface area contributed by atoms with Gasteiger partial charge in [-0.3, -0.25) is 19.7 Å². The van der Waals surface area contributed by atoms with E-state index in [4.69, 9.17) is 9.47 Å². The summed E-state index contributed by atoms with van der Waals surface area (Å²) >= 11 is 0. The minimum absolute atomic E-state index is 0.0178. The summed E-state index contributed by atoms with van der Waals surface area (Å²) in [5.41, 5.74) is 1.46. The summed E-state index contributed by atoms with van der Waals surface area (Å²) in [4.78, 5) is 52.9. The first-order chi connectivity index (χ1) is 19.0. The van der Waals surface area contributed by atoms with E-state index in [0.717, 1.165) is 24.0 Å². The number of rotatable bonds is 7. The Balaban J connectivity index is 1.28. The van der Waals surface area contributed by atoms with Crippen molar-refractivity contribution in [2.75, 3.05) is 19.8 Å². The molecule has 4 amide bonds. The molecule has 216 valence electrons. The summed E-state index contributed by atoms with van der Waals surface area (Å²) in [7, 11) is 0. The lowest BCUT2D eigenvalue weighted by Gasteiger charge is -2.36. The highest BCUT2D eigenvalue weighted by Crippen LogP contribution is 2.29. The number of nitrogens with one attached hydrogen (secondary N) is 1. The number of aliphatic hydroxyl groups excluding tert-OH is 1. The first-order valence-corrected chi connectivity index (χ1v) is 14.0. The van der Waals surface area contributed by atoms with Gasteiger partial charge in [-0.1, -0.05) is 17.9 Å². The van der Waals surface area contributed by atoms with Crippen LogP contribution in [0.25, 0.3) is 0 Å². The van der Waals surface area contributed by atoms with E-state index in [1.165, 1.54) is 4.90 Å². The Morgan fingerprint density at radius 2 is 1.88 bits per heavy atom. The standard InChI is InChI=1S/C30H39N3O7/c1-30(2,3)40-29(38)32(21-10-12-22(34)13-11-21)16-18-39-17-5-4-7-20-8-6-9-23-24(20)19-33(28(23)37)25-14-15-26(35)31-27(25)36/h6,8-9,21-22,25,34H,5,10-19H2,1-3H3,(H,31,35,36). The van der Waals surface area contributed by atoms with E-state index in [1.54, 1.807) is 17.0 Å². The van der Waals surface area contributed by atoms with Crippen LogP contribution < -0.4 is 5.32 Å². The molecule has 10 nitrogen and oxygen atoms in total. The lowest BCUT2D eigenvalue weighted by molar-refractivity contribution is -0.136. The Bertz CT molecular complexity index is 1190. The highest BCUT2D eigenvalue weighted by Gasteiger charge is 2.39. The van der Waals surface area contributed by atoms with Crippen LogP contribution in [0.2, 0.25) is 0 Å². The lowest BCUT2D eigenvalue weighted by Crippen LogP contribution is -2.52. The molecule has 0 spiro atoms. The number of benzene rings is 1. The molecule has 2 aliphatic heterocycles. The van der Waals surface area contributed by atoms with Gasteiger partial charge in [0.2, 0.25) is 11.8 Å². The zero-order chi connectivity index (χ0) is 28.9. The van der Waals surface area contributed by atoms with Crippen LogP contribution in [0, 0.1) is 11.8 Å². The van der Waals surface area contributed by atoms with Crippen LogP contribution >= 0.6 is 0 Å². The first kappa shape index (κ1) is 29.6. The van der Waals surface area contributed by atoms with Crippen molar-refractivity contribution in [1.82, 2.24) is 15.1 Å². The average molecular weight is 554 g/mol. The first-order valence-electron chi connectivity index (χ1n) is 14.0. The fourth-order valence-corrected chi connectivity index (χ4v) is 5.36. The van der Waals surface area contributed by atoms with E-state index in [-0.39, 0.29) is 43.0 Å². The van der Waals surface area contributed by atoms with Crippen LogP contribution in [0.1, 0.15) is 87.2 Å². The van der Waals surface area contributed by atoms with Gasteiger partial charge in [0, 0.05) is 43.1 Å². The van der Waals surface area contributed by atoms with Gasteiger partial charge in [0.05, 0.1) is 19.3 Å². The van der Waals surface area contributed by atoms with Crippen molar-refractivity contribution in [3.05, 3.63) is 34.9 Å². The molecular formula is C30H39N3O7. The molecule has 10 heteroatoms. The van der Waals surface area contributed by atoms with Crippen LogP contribution in [0.4, 0.5) is 4.79 Å². The van der Waals surface area contributed by atoms with E-state index in [9.17, 15) is 24.3 Å². The second kappa shape index (κ2) is 12.8. The monoisotopic (exact) mass is 553 g/mol. The molecule has 1 saturated carbocycles. The maximum absolute atomic E-state index is 13.0. The van der Waals surface area contributed by atoms with Crippen LogP contribution in [0.5, 0.6) is 0 Å². The topological polar surface area (TPSA) is 125 Å². The van der Waals surface area contributed by atoms with Crippen LogP contribution in [-0.4, -0.2) is 82.3 Å². The third kappa shape index (κ3) is 7.40. The van der Waals surface area contributed by atoms with Crippen LogP contribution in [0.15, 0.2) is 18.2 Å². The van der Waals surface area contributed by atoms with E-state index in [0.29, 0.717) is 51.0 Å². The molecule has 4 rings (SSSR count). The Morgan fingerprint density at radius 1 is 1.12 bits per heavy atom. The zero-order valence-corrected chi connectivity index (χ0v) is 23.5. The van der Waals surface area contributed by atoms with E-state index >= 15 is 0 Å². The van der Waals surface area contributed by atoms with E-state index in [1.807, 2.05) is 26.8 Å². The van der Waals surface area contributed by atoms with Crippen molar-refractivity contribution in [3.8, 4) is 11.8 Å². The van der Waals surface area contributed by atoms with Gasteiger partial charge in [0.15, 0.2) is 0 Å². The zero-order valence-electron chi connectivity index (χ0n) is 23.5. The van der Waals surface area contributed by atoms with Gasteiger partial charge in [-0.2, -0.15) is 0 Å². The van der Waals surface area contributed by atoms with E-state index in [2.05, 4.69) is 17.2 Å². The largest absolute Gasteiger partial charge is 0.444 e. The van der Waals surface area contributed by atoms with Gasteiger partial charge >= 0.3 is 6.09 Å². The molecule has 1 aromatic carbocycles. The summed E-state index contributed by atoms with van der Waals surface area (Å²) in [6.45, 7) is 6.92. The Kier molecular flexibility index (Phi) is 9.48. The number of amides is 4. The Labute approximate surface area is 235 Å². The number of nitrogens with zero attached hydrogens (tertiary/aromatic N) is 2. The normalized spacial score (nSPS) is 22.8. The highest BCUT2D eigenvalue weighted by molar-refractivity contribution is 6.05. The molecule has 1 aliphatic carbocycles. The number of ether oxygens (including phenoxy) is 2. The molecule has 40 heavy (non-hydrogen) atoms. The van der Waals surface area contributed by atoms with Gasteiger partial charge in [-0.15, -0.1) is 0 Å². The summed E-state index contributed by atoms with van der Waals surface area (Å²) in [6, 6.07) is 4.73. The fraction of sp³-hybridized carbons (Fsp3) is 0.600. The van der Waals surface area contributed by atoms with Crippen molar-refractivity contribution in [3.63, 3.8) is 0 Å². The fourth-order valence-electron chi connectivity index (χ4n) is 5.36. The summed E-state index contributed by atoms with van der Waals surface area (Å²) < 4.78 is 11.4. The van der Waals surface area contributed by atoms with Crippen molar-refractivity contribution in [2.24, 2.45) is 0 Å². The predicted octanol–water partition coefficient (Wildman–Crippen LogP) is 2.75. The molecule has 2 N–H and O–H groups in total. The van der Waals surface area contributed by atoms with Crippen molar-refractivity contribution < 1.29 is 33.8 Å². The molecule has 0 bridgehead atoms. The Morgan fingerprint density at radius 3 is 2.58 bits per heavy atom. The molecule has 1 atom stereocenters. The molecule has 1 unspecified atom stereocenters. The highest BCUT2D eigenvalue weighted by atomic mass is 16.6. The average Bonchev–Trinajstić information content (AvgIpc) is 3.22. The molecule has 2 fully saturated rings. The number of imide groups is 1. The van der Waals surface area contributed by atoms with Crippen molar-refractivity contribution in [2.45, 2.75) is 96.1 Å². The third-order valence-electron chi connectivity index (χ3n) is 7.39. The summed E-state index contributed by atoms with van der Waals surface area (Å²) in [6.07, 6.45) is 3.12. The second-order valence-corrected chi connectivity index (χ2v) is 11.5. The maximum Gasteiger partial charge on any atom is 0.410 e. The van der Waals surface area contributed by atoms with Gasteiger partial charge < -0.3 is 24.4 Å². The second-order valence-electron chi connectivity index (χ2n) is 11.5. The summed E-state index contributed by atoms with van der Waals surface area (Å²) in [5.74, 6) is 5.26. The van der Waals surface area contributed by atoms with Crippen molar-refractivity contribution >= 4 is 23.8 Å². The van der Waals surface area contributed by atoms with Gasteiger partial charge in [0.25, 0.3) is 5.91 Å². The van der Waals surface area contributed by atoms with Gasteiger partial charge in [-0.05, 0) is 70.6 Å². The number of aliphatic hydroxyl groups is 1. The maximum atomic E-state index is 13.0. The summed E-state index contributed by atoms with van der Waals surface area (Å²) in [5, 5.41) is 12.2. The predicted molar refractivity (Wildman–Crippen MR) is 146 cm³/mol. The number of carbonyl (C=O) groups is 4. The minimum atomic E-state index is -0.661. The molecule has 1 aromatic rings. The number of carbonyl (C=O) groups excluding carboxylic acids is 4. The number of hydrogen-bond donors (Lipinski definition) is 2. The molecule has 2 heterocycles. The molecule has 0 radical (unpaired) electrons. The van der Waals surface area contributed by atoms with Crippen LogP contribution in [-0.2, 0) is 25.6 Å². The number of piperidine rings is 1. The van der Waals surface area contributed by atoms with Gasteiger partial charge in [0.1, 0.15) is 11.6 Å². The Hall–Kier alpha value is -3.42. The van der Waals surface area contributed by atoms with Crippen molar-refractivity contribution in [1.29, 1.82) is 0 Å². The molecule has 0 aromatic heterocycles. The van der Waals surface area contributed by atoms with E-state index < -0.39 is 17.6 Å². The lowest BCUT2D eigenvalue weighted by atomic mass is 9.92.